The minimum atomic E-state index is -1.08. The minimum Gasteiger partial charge on any atom is -0.478 e. The number of amides is 2. The lowest BCUT2D eigenvalue weighted by Crippen LogP contribution is -2.19. The molecular formula is C15H13FN2O3. The molecular weight excluding hydrogens is 275 g/mol. The van der Waals surface area contributed by atoms with Crippen LogP contribution in [0.3, 0.4) is 0 Å². The number of aryl methyl sites for hydroxylation is 1. The summed E-state index contributed by atoms with van der Waals surface area (Å²) in [6.07, 6.45) is 0. The van der Waals surface area contributed by atoms with Crippen LogP contribution in [-0.2, 0) is 0 Å². The van der Waals surface area contributed by atoms with E-state index in [0.29, 0.717) is 16.9 Å². The van der Waals surface area contributed by atoms with Crippen LogP contribution in [0.1, 0.15) is 15.9 Å². The van der Waals surface area contributed by atoms with Gasteiger partial charge in [-0.1, -0.05) is 12.1 Å². The Labute approximate surface area is 120 Å². The van der Waals surface area contributed by atoms with Crippen molar-refractivity contribution < 1.29 is 19.1 Å². The van der Waals surface area contributed by atoms with Crippen LogP contribution in [0.4, 0.5) is 20.6 Å². The molecule has 0 radical (unpaired) electrons. The highest BCUT2D eigenvalue weighted by Crippen LogP contribution is 2.15. The van der Waals surface area contributed by atoms with E-state index in [1.165, 1.54) is 24.3 Å². The molecule has 0 aromatic heterocycles. The van der Waals surface area contributed by atoms with Gasteiger partial charge in [-0.15, -0.1) is 0 Å². The summed E-state index contributed by atoms with van der Waals surface area (Å²) in [5.41, 5.74) is 1.19. The molecule has 3 N–H and O–H groups in total. The minimum absolute atomic E-state index is 0.0641. The lowest BCUT2D eigenvalue weighted by atomic mass is 10.2. The van der Waals surface area contributed by atoms with E-state index >= 15 is 0 Å². The number of hydrogen-bond donors (Lipinski definition) is 3. The molecule has 0 unspecified atom stereocenters. The Morgan fingerprint density at radius 2 is 1.71 bits per heavy atom. The largest absolute Gasteiger partial charge is 0.478 e. The van der Waals surface area contributed by atoms with Gasteiger partial charge in [0.1, 0.15) is 5.82 Å². The van der Waals surface area contributed by atoms with Crippen LogP contribution in [-0.4, -0.2) is 17.1 Å². The number of carboxylic acids is 1. The van der Waals surface area contributed by atoms with Crippen molar-refractivity contribution >= 4 is 23.4 Å². The number of hydrogen-bond acceptors (Lipinski definition) is 2. The number of rotatable bonds is 3. The third-order valence-corrected chi connectivity index (χ3v) is 2.80. The predicted molar refractivity (Wildman–Crippen MR) is 77.2 cm³/mol. The van der Waals surface area contributed by atoms with Crippen molar-refractivity contribution in [2.45, 2.75) is 6.92 Å². The lowest BCUT2D eigenvalue weighted by Gasteiger charge is -2.09. The van der Waals surface area contributed by atoms with Gasteiger partial charge in [-0.05, 0) is 42.8 Å². The van der Waals surface area contributed by atoms with Gasteiger partial charge >= 0.3 is 12.0 Å². The van der Waals surface area contributed by atoms with Crippen molar-refractivity contribution in [3.63, 3.8) is 0 Å². The molecule has 0 aliphatic carbocycles. The number of aromatic carboxylic acids is 1. The van der Waals surface area contributed by atoms with Gasteiger partial charge in [0.05, 0.1) is 5.56 Å². The summed E-state index contributed by atoms with van der Waals surface area (Å²) >= 11 is 0. The number of carbonyl (C=O) groups excluding carboxylic acids is 1. The van der Waals surface area contributed by atoms with Crippen LogP contribution < -0.4 is 10.6 Å². The van der Waals surface area contributed by atoms with Gasteiger partial charge in [0.25, 0.3) is 0 Å². The summed E-state index contributed by atoms with van der Waals surface area (Å²) in [4.78, 5) is 22.6. The average molecular weight is 288 g/mol. The summed E-state index contributed by atoms with van der Waals surface area (Å²) in [6, 6.07) is 9.58. The van der Waals surface area contributed by atoms with Gasteiger partial charge in [-0.25, -0.2) is 14.0 Å². The molecule has 0 saturated heterocycles. The first kappa shape index (κ1) is 14.5. The number of anilines is 2. The summed E-state index contributed by atoms with van der Waals surface area (Å²) < 4.78 is 13.4. The Balaban J connectivity index is 2.06. The molecule has 5 nitrogen and oxygen atoms in total. The monoisotopic (exact) mass is 288 g/mol. The second-order valence-electron chi connectivity index (χ2n) is 4.43. The first-order valence-electron chi connectivity index (χ1n) is 6.13. The van der Waals surface area contributed by atoms with Gasteiger partial charge in [-0.2, -0.15) is 0 Å². The van der Waals surface area contributed by atoms with Crippen molar-refractivity contribution in [3.8, 4) is 0 Å². The molecule has 0 atom stereocenters. The zero-order valence-corrected chi connectivity index (χ0v) is 11.2. The topological polar surface area (TPSA) is 78.4 Å². The fourth-order valence-electron chi connectivity index (χ4n) is 1.69. The highest BCUT2D eigenvalue weighted by atomic mass is 19.1. The molecule has 0 aliphatic heterocycles. The maximum Gasteiger partial charge on any atom is 0.335 e. The number of nitrogens with one attached hydrogen (secondary N) is 2. The van der Waals surface area contributed by atoms with Crippen molar-refractivity contribution in [2.75, 3.05) is 10.6 Å². The van der Waals surface area contributed by atoms with E-state index in [1.807, 2.05) is 0 Å². The SMILES string of the molecule is Cc1ccc(NC(=O)Nc2cccc(C(=O)O)c2)cc1F. The Kier molecular flexibility index (Phi) is 4.18. The zero-order valence-electron chi connectivity index (χ0n) is 11.2. The van der Waals surface area contributed by atoms with Crippen LogP contribution in [0.25, 0.3) is 0 Å². The summed E-state index contributed by atoms with van der Waals surface area (Å²) in [5.74, 6) is -1.50. The van der Waals surface area contributed by atoms with Gasteiger partial charge in [0.2, 0.25) is 0 Å². The first-order valence-corrected chi connectivity index (χ1v) is 6.13. The van der Waals surface area contributed by atoms with Crippen LogP contribution in [0.2, 0.25) is 0 Å². The highest BCUT2D eigenvalue weighted by molar-refractivity contribution is 6.00. The Hall–Kier alpha value is -2.89. The van der Waals surface area contributed by atoms with Crippen LogP contribution in [0.5, 0.6) is 0 Å². The van der Waals surface area contributed by atoms with Gasteiger partial charge in [-0.3, -0.25) is 0 Å². The smallest absolute Gasteiger partial charge is 0.335 e. The third kappa shape index (κ3) is 3.79. The van der Waals surface area contributed by atoms with E-state index in [9.17, 15) is 14.0 Å². The fourth-order valence-corrected chi connectivity index (χ4v) is 1.69. The molecule has 2 rings (SSSR count). The molecule has 0 fully saturated rings. The molecule has 2 aromatic carbocycles. The molecule has 6 heteroatoms. The highest BCUT2D eigenvalue weighted by Gasteiger charge is 2.07. The number of urea groups is 1. The molecule has 2 aromatic rings. The first-order chi connectivity index (χ1) is 9.95. The van der Waals surface area contributed by atoms with Crippen LogP contribution in [0, 0.1) is 12.7 Å². The third-order valence-electron chi connectivity index (χ3n) is 2.80. The van der Waals surface area contributed by atoms with Crippen molar-refractivity contribution in [2.24, 2.45) is 0 Å². The summed E-state index contributed by atoms with van der Waals surface area (Å²) in [5, 5.41) is 13.8. The van der Waals surface area contributed by atoms with Crippen molar-refractivity contribution in [3.05, 3.63) is 59.4 Å². The second kappa shape index (κ2) is 6.04. The number of carbonyl (C=O) groups is 2. The summed E-state index contributed by atoms with van der Waals surface area (Å²) in [6.45, 7) is 1.62. The van der Waals surface area contributed by atoms with E-state index in [-0.39, 0.29) is 5.56 Å². The van der Waals surface area contributed by atoms with Crippen LogP contribution in [0.15, 0.2) is 42.5 Å². The molecule has 21 heavy (non-hydrogen) atoms. The van der Waals surface area contributed by atoms with Crippen molar-refractivity contribution in [1.82, 2.24) is 0 Å². The Bertz CT molecular complexity index is 701. The molecule has 0 aliphatic rings. The summed E-state index contributed by atoms with van der Waals surface area (Å²) in [7, 11) is 0. The normalized spacial score (nSPS) is 10.0. The quantitative estimate of drug-likeness (QED) is 0.809. The Morgan fingerprint density at radius 1 is 1.05 bits per heavy atom. The second-order valence-corrected chi connectivity index (χ2v) is 4.43. The van der Waals surface area contributed by atoms with E-state index in [0.717, 1.165) is 0 Å². The molecule has 0 spiro atoms. The van der Waals surface area contributed by atoms with Crippen LogP contribution >= 0.6 is 0 Å². The molecule has 2 amide bonds. The van der Waals surface area contributed by atoms with Gasteiger partial charge in [0.15, 0.2) is 0 Å². The molecule has 0 saturated carbocycles. The number of halogens is 1. The molecule has 108 valence electrons. The zero-order chi connectivity index (χ0) is 15.4. The van der Waals surface area contributed by atoms with Crippen molar-refractivity contribution in [1.29, 1.82) is 0 Å². The molecule has 0 bridgehead atoms. The van der Waals surface area contributed by atoms with E-state index in [2.05, 4.69) is 10.6 Å². The Morgan fingerprint density at radius 3 is 2.33 bits per heavy atom. The fraction of sp³-hybridized carbons (Fsp3) is 0.0667. The molecule has 0 heterocycles. The van der Waals surface area contributed by atoms with E-state index in [1.54, 1.807) is 25.1 Å². The maximum atomic E-state index is 13.4. The number of carboxylic acid groups (broad SMARTS) is 1. The standard InChI is InChI=1S/C15H13FN2O3/c1-9-5-6-12(8-13(9)16)18-15(21)17-11-4-2-3-10(7-11)14(19)20/h2-8H,1H3,(H,19,20)(H2,17,18,21). The maximum absolute atomic E-state index is 13.4. The lowest BCUT2D eigenvalue weighted by molar-refractivity contribution is 0.0697. The van der Waals surface area contributed by atoms with E-state index in [4.69, 9.17) is 5.11 Å². The average Bonchev–Trinajstić information content (AvgIpc) is 2.43. The predicted octanol–water partition coefficient (Wildman–Crippen LogP) is 3.48. The van der Waals surface area contributed by atoms with Gasteiger partial charge < -0.3 is 15.7 Å². The van der Waals surface area contributed by atoms with Gasteiger partial charge in [0, 0.05) is 11.4 Å². The van der Waals surface area contributed by atoms with E-state index < -0.39 is 17.8 Å². The number of benzene rings is 2.